The van der Waals surface area contributed by atoms with E-state index in [0.717, 1.165) is 24.0 Å². The van der Waals surface area contributed by atoms with E-state index in [0.29, 0.717) is 19.6 Å². The Kier molecular flexibility index (Phi) is 4.37. The summed E-state index contributed by atoms with van der Waals surface area (Å²) in [6.07, 6.45) is 3.24. The van der Waals surface area contributed by atoms with Crippen LogP contribution in [0.15, 0.2) is 52.3 Å². The quantitative estimate of drug-likeness (QED) is 0.860. The fourth-order valence-corrected chi connectivity index (χ4v) is 4.29. The molecule has 0 radical (unpaired) electrons. The number of pyridine rings is 1. The van der Waals surface area contributed by atoms with Crippen LogP contribution in [0.1, 0.15) is 24.0 Å². The first-order valence-corrected chi connectivity index (χ1v) is 9.17. The van der Waals surface area contributed by atoms with Crippen molar-refractivity contribution >= 4 is 10.0 Å². The van der Waals surface area contributed by atoms with Crippen molar-refractivity contribution < 1.29 is 8.42 Å². The maximum atomic E-state index is 12.6. The van der Waals surface area contributed by atoms with Gasteiger partial charge in [0.25, 0.3) is 5.56 Å². The molecule has 23 heavy (non-hydrogen) atoms. The number of aryl methyl sites for hydroxylation is 1. The lowest BCUT2D eigenvalue weighted by molar-refractivity contribution is 0.476. The molecule has 0 atom stereocenters. The van der Waals surface area contributed by atoms with Crippen molar-refractivity contribution in [2.24, 2.45) is 0 Å². The smallest absolute Gasteiger partial charge is 0.250 e. The number of nitrogens with zero attached hydrogens (tertiary/aromatic N) is 2. The zero-order chi connectivity index (χ0) is 16.4. The molecule has 0 N–H and O–H groups in total. The Balaban J connectivity index is 1.93. The molecule has 1 saturated heterocycles. The van der Waals surface area contributed by atoms with Crippen LogP contribution < -0.4 is 5.56 Å². The van der Waals surface area contributed by atoms with Crippen molar-refractivity contribution in [1.29, 1.82) is 0 Å². The third kappa shape index (κ3) is 3.38. The highest BCUT2D eigenvalue weighted by molar-refractivity contribution is 7.89. The Hall–Kier alpha value is -1.92. The molecule has 2 heterocycles. The average molecular weight is 332 g/mol. The number of benzene rings is 1. The second-order valence-corrected chi connectivity index (χ2v) is 7.87. The van der Waals surface area contributed by atoms with Gasteiger partial charge in [0.2, 0.25) is 10.0 Å². The lowest BCUT2D eigenvalue weighted by Crippen LogP contribution is -2.29. The zero-order valence-corrected chi connectivity index (χ0v) is 13.9. The molecule has 3 rings (SSSR count). The van der Waals surface area contributed by atoms with Gasteiger partial charge in [-0.2, -0.15) is 4.31 Å². The number of sulfonamides is 1. The van der Waals surface area contributed by atoms with E-state index in [4.69, 9.17) is 0 Å². The fourth-order valence-electron chi connectivity index (χ4n) is 2.75. The van der Waals surface area contributed by atoms with Crippen molar-refractivity contribution in [3.05, 3.63) is 64.1 Å². The van der Waals surface area contributed by atoms with Gasteiger partial charge < -0.3 is 4.57 Å². The number of rotatable bonds is 4. The third-order valence-corrected chi connectivity index (χ3v) is 6.01. The Labute approximate surface area is 136 Å². The maximum Gasteiger partial charge on any atom is 0.250 e. The molecule has 6 heteroatoms. The van der Waals surface area contributed by atoms with Crippen LogP contribution in [0.5, 0.6) is 0 Å². The van der Waals surface area contributed by atoms with Gasteiger partial charge >= 0.3 is 0 Å². The number of aromatic nitrogens is 1. The summed E-state index contributed by atoms with van der Waals surface area (Å²) < 4.78 is 28.2. The first-order valence-electron chi connectivity index (χ1n) is 7.73. The van der Waals surface area contributed by atoms with Gasteiger partial charge in [-0.1, -0.05) is 29.8 Å². The molecule has 1 aliphatic heterocycles. The van der Waals surface area contributed by atoms with Gasteiger partial charge in [-0.15, -0.1) is 0 Å². The first kappa shape index (κ1) is 16.0. The molecular weight excluding hydrogens is 312 g/mol. The summed E-state index contributed by atoms with van der Waals surface area (Å²) in [4.78, 5) is 12.2. The Morgan fingerprint density at radius 2 is 1.65 bits per heavy atom. The minimum absolute atomic E-state index is 0.186. The molecule has 0 bridgehead atoms. The van der Waals surface area contributed by atoms with E-state index in [1.165, 1.54) is 27.2 Å². The highest BCUT2D eigenvalue weighted by Gasteiger charge is 2.27. The van der Waals surface area contributed by atoms with Gasteiger partial charge in [-0.05, 0) is 31.4 Å². The first-order chi connectivity index (χ1) is 11.0. The predicted molar refractivity (Wildman–Crippen MR) is 89.0 cm³/mol. The largest absolute Gasteiger partial charge is 0.310 e. The second kappa shape index (κ2) is 6.29. The highest BCUT2D eigenvalue weighted by atomic mass is 32.2. The number of hydrogen-bond acceptors (Lipinski definition) is 3. The van der Waals surface area contributed by atoms with Gasteiger partial charge in [0.15, 0.2) is 0 Å². The Morgan fingerprint density at radius 1 is 1.00 bits per heavy atom. The summed E-state index contributed by atoms with van der Waals surface area (Å²) in [5.74, 6) is 0. The SMILES string of the molecule is Cc1ccc(Cn2cc(S(=O)(=O)N3CCCC3)ccc2=O)cc1. The van der Waals surface area contributed by atoms with Crippen LogP contribution >= 0.6 is 0 Å². The van der Waals surface area contributed by atoms with Crippen molar-refractivity contribution in [2.75, 3.05) is 13.1 Å². The highest BCUT2D eigenvalue weighted by Crippen LogP contribution is 2.20. The Morgan fingerprint density at radius 3 is 2.30 bits per heavy atom. The van der Waals surface area contributed by atoms with E-state index in [1.807, 2.05) is 31.2 Å². The summed E-state index contributed by atoms with van der Waals surface area (Å²) in [5, 5.41) is 0. The standard InChI is InChI=1S/C17H20N2O3S/c1-14-4-6-15(7-5-14)12-18-13-16(8-9-17(18)20)23(21,22)19-10-2-3-11-19/h4-9,13H,2-3,10-12H2,1H3. The van der Waals surface area contributed by atoms with Crippen LogP contribution in [0, 0.1) is 6.92 Å². The minimum atomic E-state index is -3.50. The number of hydrogen-bond donors (Lipinski definition) is 0. The van der Waals surface area contributed by atoms with Crippen LogP contribution in [0.4, 0.5) is 0 Å². The monoisotopic (exact) mass is 332 g/mol. The maximum absolute atomic E-state index is 12.6. The molecule has 1 aromatic carbocycles. The van der Waals surface area contributed by atoms with E-state index >= 15 is 0 Å². The summed E-state index contributed by atoms with van der Waals surface area (Å²) in [6.45, 7) is 3.47. The molecule has 1 fully saturated rings. The Bertz CT molecular complexity index is 848. The normalized spacial score (nSPS) is 15.9. The third-order valence-electron chi connectivity index (χ3n) is 4.13. The molecule has 122 valence electrons. The molecule has 0 spiro atoms. The average Bonchev–Trinajstić information content (AvgIpc) is 3.06. The van der Waals surface area contributed by atoms with E-state index in [9.17, 15) is 13.2 Å². The van der Waals surface area contributed by atoms with Crippen molar-refractivity contribution in [1.82, 2.24) is 8.87 Å². The lowest BCUT2D eigenvalue weighted by atomic mass is 10.1. The second-order valence-electron chi connectivity index (χ2n) is 5.93. The molecule has 0 unspecified atom stereocenters. The topological polar surface area (TPSA) is 59.4 Å². The van der Waals surface area contributed by atoms with Crippen molar-refractivity contribution in [2.45, 2.75) is 31.2 Å². The van der Waals surface area contributed by atoms with Gasteiger partial charge in [0.05, 0.1) is 11.4 Å². The summed E-state index contributed by atoms with van der Waals surface area (Å²) in [6, 6.07) is 10.6. The van der Waals surface area contributed by atoms with Gasteiger partial charge in [0, 0.05) is 25.4 Å². The summed E-state index contributed by atoms with van der Waals surface area (Å²) >= 11 is 0. The molecule has 2 aromatic rings. The lowest BCUT2D eigenvalue weighted by Gasteiger charge is -2.16. The molecule has 0 aliphatic carbocycles. The van der Waals surface area contributed by atoms with Gasteiger partial charge in [-0.3, -0.25) is 4.79 Å². The summed E-state index contributed by atoms with van der Waals surface area (Å²) in [7, 11) is -3.50. The molecule has 5 nitrogen and oxygen atoms in total. The zero-order valence-electron chi connectivity index (χ0n) is 13.1. The van der Waals surface area contributed by atoms with Crippen LogP contribution in [0.3, 0.4) is 0 Å². The minimum Gasteiger partial charge on any atom is -0.310 e. The van der Waals surface area contributed by atoms with Crippen LogP contribution in [0.25, 0.3) is 0 Å². The van der Waals surface area contributed by atoms with Crippen LogP contribution in [-0.4, -0.2) is 30.4 Å². The van der Waals surface area contributed by atoms with Crippen LogP contribution in [0.2, 0.25) is 0 Å². The van der Waals surface area contributed by atoms with Crippen molar-refractivity contribution in [3.8, 4) is 0 Å². The fraction of sp³-hybridized carbons (Fsp3) is 0.353. The molecular formula is C17H20N2O3S. The summed E-state index contributed by atoms with van der Waals surface area (Å²) in [5.41, 5.74) is 1.91. The molecule has 1 aromatic heterocycles. The van der Waals surface area contributed by atoms with Gasteiger partial charge in [0.1, 0.15) is 0 Å². The van der Waals surface area contributed by atoms with Crippen LogP contribution in [-0.2, 0) is 16.6 Å². The van der Waals surface area contributed by atoms with Crippen molar-refractivity contribution in [3.63, 3.8) is 0 Å². The van der Waals surface area contributed by atoms with E-state index in [-0.39, 0.29) is 10.5 Å². The van der Waals surface area contributed by atoms with E-state index in [2.05, 4.69) is 0 Å². The predicted octanol–water partition coefficient (Wildman–Crippen LogP) is 1.99. The molecule has 0 amide bonds. The molecule has 0 saturated carbocycles. The van der Waals surface area contributed by atoms with Gasteiger partial charge in [-0.25, -0.2) is 8.42 Å². The van der Waals surface area contributed by atoms with E-state index < -0.39 is 10.0 Å². The molecule has 1 aliphatic rings. The van der Waals surface area contributed by atoms with E-state index in [1.54, 1.807) is 0 Å².